The molecule has 3 N–H and O–H groups in total. The number of aliphatic hydroxyl groups is 2. The van der Waals surface area contributed by atoms with Crippen molar-refractivity contribution in [2.75, 3.05) is 13.1 Å². The van der Waals surface area contributed by atoms with Gasteiger partial charge in [-0.3, -0.25) is 0 Å². The molecular formula is C21H46BrNO2. The van der Waals surface area contributed by atoms with E-state index in [2.05, 4.69) is 12.2 Å². The van der Waals surface area contributed by atoms with Gasteiger partial charge < -0.3 is 15.5 Å². The van der Waals surface area contributed by atoms with E-state index in [0.717, 1.165) is 6.54 Å². The van der Waals surface area contributed by atoms with Crippen LogP contribution in [0.1, 0.15) is 116 Å². The Morgan fingerprint density at radius 2 is 0.920 bits per heavy atom. The molecule has 154 valence electrons. The number of hydrogen-bond donors (Lipinski definition) is 3. The summed E-state index contributed by atoms with van der Waals surface area (Å²) < 4.78 is 0. The van der Waals surface area contributed by atoms with Gasteiger partial charge in [0.15, 0.2) is 6.29 Å². The standard InChI is InChI=1S/C21H45NO2.BrH/c1-2-3-4-5-6-7-8-9-10-11-12-13-14-15-16-17-19-22-20-18-21(23)24;/h21-24H,2-20H2,1H3;1H. The number of hydrogen-bond acceptors (Lipinski definition) is 3. The molecule has 0 aliphatic heterocycles. The van der Waals surface area contributed by atoms with Gasteiger partial charge >= 0.3 is 0 Å². The first kappa shape index (κ1) is 27.6. The maximum absolute atomic E-state index is 8.71. The number of unbranched alkanes of at least 4 members (excludes halogenated alkanes) is 15. The van der Waals surface area contributed by atoms with Gasteiger partial charge in [-0.1, -0.05) is 103 Å². The molecule has 4 heteroatoms. The zero-order valence-corrected chi connectivity index (χ0v) is 18.5. The van der Waals surface area contributed by atoms with Crippen LogP contribution in [0.4, 0.5) is 0 Å². The Hall–Kier alpha value is 0.360. The number of nitrogens with one attached hydrogen (secondary N) is 1. The molecule has 0 aliphatic carbocycles. The minimum atomic E-state index is -1.16. The molecule has 0 amide bonds. The molecule has 0 heterocycles. The highest BCUT2D eigenvalue weighted by atomic mass is 79.9. The van der Waals surface area contributed by atoms with Crippen molar-refractivity contribution in [1.82, 2.24) is 5.32 Å². The molecular weight excluding hydrogens is 378 g/mol. The zero-order valence-electron chi connectivity index (χ0n) is 16.8. The normalized spacial score (nSPS) is 11.0. The Morgan fingerprint density at radius 3 is 1.28 bits per heavy atom. The van der Waals surface area contributed by atoms with E-state index in [0.29, 0.717) is 13.0 Å². The SMILES string of the molecule is Br.CCCCCCCCCCCCCCCCCCNCCC(O)O. The Balaban J connectivity index is 0. The second-order valence-electron chi connectivity index (χ2n) is 7.32. The summed E-state index contributed by atoms with van der Waals surface area (Å²) in [5.74, 6) is 0. The maximum Gasteiger partial charge on any atom is 0.152 e. The molecule has 25 heavy (non-hydrogen) atoms. The molecule has 0 spiro atoms. The summed E-state index contributed by atoms with van der Waals surface area (Å²) in [7, 11) is 0. The van der Waals surface area contributed by atoms with Gasteiger partial charge in [-0.2, -0.15) is 0 Å². The topological polar surface area (TPSA) is 52.5 Å². The fourth-order valence-corrected chi connectivity index (χ4v) is 3.15. The summed E-state index contributed by atoms with van der Waals surface area (Å²) in [5, 5.41) is 20.7. The van der Waals surface area contributed by atoms with Crippen LogP contribution in [0.3, 0.4) is 0 Å². The molecule has 0 saturated carbocycles. The van der Waals surface area contributed by atoms with Crippen molar-refractivity contribution in [3.05, 3.63) is 0 Å². The molecule has 0 bridgehead atoms. The minimum Gasteiger partial charge on any atom is -0.368 e. The molecule has 0 aromatic rings. The van der Waals surface area contributed by atoms with Crippen molar-refractivity contribution in [2.45, 2.75) is 122 Å². The fraction of sp³-hybridized carbons (Fsp3) is 1.00. The summed E-state index contributed by atoms with van der Waals surface area (Å²) in [5.41, 5.74) is 0. The number of aliphatic hydroxyl groups excluding tert-OH is 1. The number of rotatable bonds is 20. The lowest BCUT2D eigenvalue weighted by Gasteiger charge is -2.06. The summed E-state index contributed by atoms with van der Waals surface area (Å²) in [4.78, 5) is 0. The Bertz CT molecular complexity index is 228. The quantitative estimate of drug-likeness (QED) is 0.163. The molecule has 0 atom stereocenters. The van der Waals surface area contributed by atoms with Gasteiger partial charge in [0.1, 0.15) is 0 Å². The smallest absolute Gasteiger partial charge is 0.152 e. The Labute approximate surface area is 168 Å². The molecule has 3 nitrogen and oxygen atoms in total. The highest BCUT2D eigenvalue weighted by molar-refractivity contribution is 8.93. The number of halogens is 1. The molecule has 0 radical (unpaired) electrons. The van der Waals surface area contributed by atoms with Crippen LogP contribution < -0.4 is 5.32 Å². The van der Waals surface area contributed by atoms with E-state index >= 15 is 0 Å². The first-order valence-electron chi connectivity index (χ1n) is 10.8. The molecule has 0 aromatic heterocycles. The zero-order chi connectivity index (χ0) is 17.7. The van der Waals surface area contributed by atoms with E-state index < -0.39 is 6.29 Å². The van der Waals surface area contributed by atoms with Crippen molar-refractivity contribution in [1.29, 1.82) is 0 Å². The monoisotopic (exact) mass is 423 g/mol. The molecule has 0 unspecified atom stereocenters. The van der Waals surface area contributed by atoms with Crippen LogP contribution in [0.15, 0.2) is 0 Å². The fourth-order valence-electron chi connectivity index (χ4n) is 3.15. The highest BCUT2D eigenvalue weighted by Gasteiger charge is 1.96. The second kappa shape index (κ2) is 24.4. The van der Waals surface area contributed by atoms with E-state index in [4.69, 9.17) is 10.2 Å². The maximum atomic E-state index is 8.71. The van der Waals surface area contributed by atoms with Crippen LogP contribution in [0.25, 0.3) is 0 Å². The average molecular weight is 425 g/mol. The third kappa shape index (κ3) is 26.7. The van der Waals surface area contributed by atoms with Gasteiger partial charge in [0, 0.05) is 6.42 Å². The van der Waals surface area contributed by atoms with Crippen molar-refractivity contribution in [2.24, 2.45) is 0 Å². The Morgan fingerprint density at radius 1 is 0.560 bits per heavy atom. The summed E-state index contributed by atoms with van der Waals surface area (Å²) in [6.07, 6.45) is 21.7. The van der Waals surface area contributed by atoms with Crippen molar-refractivity contribution < 1.29 is 10.2 Å². The van der Waals surface area contributed by atoms with Gasteiger partial charge in [0.05, 0.1) is 0 Å². The molecule has 0 aliphatic rings. The van der Waals surface area contributed by atoms with Crippen LogP contribution in [-0.4, -0.2) is 29.6 Å². The van der Waals surface area contributed by atoms with Crippen LogP contribution in [0.2, 0.25) is 0 Å². The molecule has 0 fully saturated rings. The average Bonchev–Trinajstić information content (AvgIpc) is 2.56. The lowest BCUT2D eigenvalue weighted by Crippen LogP contribution is -2.21. The van der Waals surface area contributed by atoms with Crippen LogP contribution in [0.5, 0.6) is 0 Å². The minimum absolute atomic E-state index is 0. The van der Waals surface area contributed by atoms with E-state index in [1.54, 1.807) is 0 Å². The lowest BCUT2D eigenvalue weighted by atomic mass is 10.0. The van der Waals surface area contributed by atoms with E-state index in [9.17, 15) is 0 Å². The molecule has 0 saturated heterocycles. The van der Waals surface area contributed by atoms with E-state index in [-0.39, 0.29) is 17.0 Å². The summed E-state index contributed by atoms with van der Waals surface area (Å²) in [6, 6.07) is 0. The van der Waals surface area contributed by atoms with Crippen molar-refractivity contribution in [3.8, 4) is 0 Å². The van der Waals surface area contributed by atoms with Crippen molar-refractivity contribution >= 4 is 17.0 Å². The molecule has 0 aromatic carbocycles. The third-order valence-corrected chi connectivity index (χ3v) is 4.79. The van der Waals surface area contributed by atoms with Gasteiger partial charge in [-0.25, -0.2) is 0 Å². The van der Waals surface area contributed by atoms with Gasteiger partial charge in [0.2, 0.25) is 0 Å². The van der Waals surface area contributed by atoms with Crippen molar-refractivity contribution in [3.63, 3.8) is 0 Å². The summed E-state index contributed by atoms with van der Waals surface area (Å²) >= 11 is 0. The van der Waals surface area contributed by atoms with Crippen LogP contribution in [-0.2, 0) is 0 Å². The van der Waals surface area contributed by atoms with Crippen LogP contribution >= 0.6 is 17.0 Å². The molecule has 0 rings (SSSR count). The Kier molecular flexibility index (Phi) is 26.9. The second-order valence-corrected chi connectivity index (χ2v) is 7.32. The van der Waals surface area contributed by atoms with E-state index in [1.165, 1.54) is 103 Å². The first-order valence-corrected chi connectivity index (χ1v) is 10.8. The van der Waals surface area contributed by atoms with Gasteiger partial charge in [-0.15, -0.1) is 17.0 Å². The van der Waals surface area contributed by atoms with Gasteiger partial charge in [-0.05, 0) is 19.5 Å². The van der Waals surface area contributed by atoms with E-state index in [1.807, 2.05) is 0 Å². The van der Waals surface area contributed by atoms with Gasteiger partial charge in [0.25, 0.3) is 0 Å². The lowest BCUT2D eigenvalue weighted by molar-refractivity contribution is -0.0443. The highest BCUT2D eigenvalue weighted by Crippen LogP contribution is 2.13. The summed E-state index contributed by atoms with van der Waals surface area (Å²) in [6.45, 7) is 3.99. The predicted octanol–water partition coefficient (Wildman–Crippen LogP) is 6.12. The predicted molar refractivity (Wildman–Crippen MR) is 116 cm³/mol. The third-order valence-electron chi connectivity index (χ3n) is 4.79. The van der Waals surface area contributed by atoms with Crippen LogP contribution in [0, 0.1) is 0 Å². The first-order chi connectivity index (χ1) is 11.8. The largest absolute Gasteiger partial charge is 0.368 e.